The topological polar surface area (TPSA) is 95.9 Å². The predicted octanol–water partition coefficient (Wildman–Crippen LogP) is 2.62. The Labute approximate surface area is 183 Å². The lowest BCUT2D eigenvalue weighted by Gasteiger charge is -2.19. The highest BCUT2D eigenvalue weighted by atomic mass is 19.1. The zero-order chi connectivity index (χ0) is 22.2. The van der Waals surface area contributed by atoms with Gasteiger partial charge in [-0.3, -0.25) is 14.7 Å². The highest BCUT2D eigenvalue weighted by molar-refractivity contribution is 6.00. The smallest absolute Gasteiger partial charge is 0.299 e. The van der Waals surface area contributed by atoms with E-state index in [0.717, 1.165) is 13.0 Å². The van der Waals surface area contributed by atoms with Crippen LogP contribution in [0.3, 0.4) is 0 Å². The first kappa shape index (κ1) is 20.3. The van der Waals surface area contributed by atoms with Crippen LogP contribution in [0.2, 0.25) is 0 Å². The Kier molecular flexibility index (Phi) is 5.18. The molecule has 0 spiro atoms. The van der Waals surface area contributed by atoms with Gasteiger partial charge in [0.15, 0.2) is 5.52 Å². The number of aromatic amines is 1. The SMILES string of the molecule is CN1CCCC1CCNC(=O)c1ccc(-n2[nH]c3c(nnc4ccc(F)cc43)c2=O)cc1. The molecule has 2 N–H and O–H groups in total. The Balaban J connectivity index is 1.36. The molecule has 2 aromatic heterocycles. The van der Waals surface area contributed by atoms with Gasteiger partial charge in [0.05, 0.1) is 16.7 Å². The molecule has 5 rings (SSSR count). The molecule has 164 valence electrons. The summed E-state index contributed by atoms with van der Waals surface area (Å²) in [6, 6.07) is 11.4. The molecule has 2 aromatic carbocycles. The van der Waals surface area contributed by atoms with E-state index in [4.69, 9.17) is 0 Å². The molecule has 1 amide bonds. The van der Waals surface area contributed by atoms with Crippen LogP contribution in [0.1, 0.15) is 29.6 Å². The van der Waals surface area contributed by atoms with Crippen LogP contribution in [0.25, 0.3) is 27.6 Å². The van der Waals surface area contributed by atoms with E-state index in [1.807, 2.05) is 0 Å². The number of aromatic nitrogens is 4. The zero-order valence-corrected chi connectivity index (χ0v) is 17.6. The van der Waals surface area contributed by atoms with Crippen molar-refractivity contribution in [2.45, 2.75) is 25.3 Å². The minimum absolute atomic E-state index is 0.127. The number of fused-ring (bicyclic) bond motifs is 3. The molecular weight excluding hydrogens is 411 g/mol. The van der Waals surface area contributed by atoms with Crippen molar-refractivity contribution in [1.29, 1.82) is 0 Å². The molecule has 9 heteroatoms. The maximum Gasteiger partial charge on any atom is 0.299 e. The number of halogens is 1. The second kappa shape index (κ2) is 8.16. The number of nitrogens with zero attached hydrogens (tertiary/aromatic N) is 4. The van der Waals surface area contributed by atoms with Crippen molar-refractivity contribution in [3.05, 3.63) is 64.2 Å². The lowest BCUT2D eigenvalue weighted by Crippen LogP contribution is -2.31. The second-order valence-corrected chi connectivity index (χ2v) is 8.21. The Morgan fingerprint density at radius 2 is 2.03 bits per heavy atom. The number of hydrogen-bond donors (Lipinski definition) is 2. The van der Waals surface area contributed by atoms with Gasteiger partial charge in [-0.05, 0) is 75.3 Å². The fourth-order valence-corrected chi connectivity index (χ4v) is 4.35. The molecule has 4 aromatic rings. The Morgan fingerprint density at radius 3 is 2.78 bits per heavy atom. The van der Waals surface area contributed by atoms with Crippen LogP contribution in [-0.2, 0) is 0 Å². The molecule has 0 radical (unpaired) electrons. The maximum atomic E-state index is 13.7. The van der Waals surface area contributed by atoms with Gasteiger partial charge in [0.1, 0.15) is 5.82 Å². The summed E-state index contributed by atoms with van der Waals surface area (Å²) in [6.07, 6.45) is 3.31. The summed E-state index contributed by atoms with van der Waals surface area (Å²) < 4.78 is 15.0. The Bertz CT molecular complexity index is 1360. The van der Waals surface area contributed by atoms with Gasteiger partial charge in [-0.25, -0.2) is 9.07 Å². The summed E-state index contributed by atoms with van der Waals surface area (Å²) in [5, 5.41) is 14.5. The Hall–Kier alpha value is -3.59. The standard InChI is InChI=1S/C23H23FN6O2/c1-29-12-2-3-16(29)10-11-25-22(31)14-4-7-17(8-5-14)30-23(32)21-20(28-30)18-13-15(24)6-9-19(18)26-27-21/h4-9,13,16,28H,2-3,10-12H2,1H3,(H,25,31). The number of carbonyl (C=O) groups is 1. The van der Waals surface area contributed by atoms with Crippen LogP contribution in [0, 0.1) is 5.82 Å². The molecule has 1 aliphatic heterocycles. The largest absolute Gasteiger partial charge is 0.352 e. The van der Waals surface area contributed by atoms with Gasteiger partial charge in [0, 0.05) is 23.5 Å². The maximum absolute atomic E-state index is 13.7. The number of hydrogen-bond acceptors (Lipinski definition) is 5. The average Bonchev–Trinajstić information content (AvgIpc) is 3.36. The van der Waals surface area contributed by atoms with E-state index in [0.29, 0.717) is 40.3 Å². The van der Waals surface area contributed by atoms with E-state index < -0.39 is 11.4 Å². The molecule has 3 heterocycles. The summed E-state index contributed by atoms with van der Waals surface area (Å²) in [7, 11) is 2.12. The van der Waals surface area contributed by atoms with Gasteiger partial charge in [-0.1, -0.05) is 0 Å². The minimum Gasteiger partial charge on any atom is -0.352 e. The quantitative estimate of drug-likeness (QED) is 0.503. The first-order valence-corrected chi connectivity index (χ1v) is 10.7. The second-order valence-electron chi connectivity index (χ2n) is 8.21. The number of carbonyl (C=O) groups excluding carboxylic acids is 1. The number of rotatable bonds is 5. The first-order valence-electron chi connectivity index (χ1n) is 10.7. The number of likely N-dealkylation sites (tertiary alicyclic amines) is 1. The highest BCUT2D eigenvalue weighted by Gasteiger charge is 2.20. The molecule has 8 nitrogen and oxygen atoms in total. The lowest BCUT2D eigenvalue weighted by molar-refractivity contribution is 0.0950. The normalized spacial score (nSPS) is 16.8. The van der Waals surface area contributed by atoms with E-state index in [1.165, 1.54) is 35.7 Å². The lowest BCUT2D eigenvalue weighted by atomic mass is 10.1. The predicted molar refractivity (Wildman–Crippen MR) is 120 cm³/mol. The van der Waals surface area contributed by atoms with E-state index >= 15 is 0 Å². The van der Waals surface area contributed by atoms with Gasteiger partial charge in [0.2, 0.25) is 0 Å². The minimum atomic E-state index is -0.421. The number of benzene rings is 2. The zero-order valence-electron chi connectivity index (χ0n) is 17.6. The van der Waals surface area contributed by atoms with Crippen molar-refractivity contribution < 1.29 is 9.18 Å². The van der Waals surface area contributed by atoms with Crippen LogP contribution in [0.5, 0.6) is 0 Å². The van der Waals surface area contributed by atoms with Gasteiger partial charge < -0.3 is 10.2 Å². The summed E-state index contributed by atoms with van der Waals surface area (Å²) in [5.41, 5.74) is 1.70. The van der Waals surface area contributed by atoms with Crippen molar-refractivity contribution in [3.8, 4) is 5.69 Å². The molecule has 1 saturated heterocycles. The number of amides is 1. The summed E-state index contributed by atoms with van der Waals surface area (Å²) in [5.74, 6) is -0.566. The molecule has 1 aliphatic rings. The van der Waals surface area contributed by atoms with Gasteiger partial charge in [0.25, 0.3) is 11.5 Å². The molecular formula is C23H23FN6O2. The fraction of sp³-hybridized carbons (Fsp3) is 0.304. The van der Waals surface area contributed by atoms with Crippen LogP contribution in [-0.4, -0.2) is 57.0 Å². The first-order chi connectivity index (χ1) is 15.5. The van der Waals surface area contributed by atoms with E-state index in [-0.39, 0.29) is 11.4 Å². The molecule has 0 aliphatic carbocycles. The van der Waals surface area contributed by atoms with E-state index in [9.17, 15) is 14.0 Å². The van der Waals surface area contributed by atoms with Crippen LogP contribution >= 0.6 is 0 Å². The monoisotopic (exact) mass is 434 g/mol. The molecule has 0 bridgehead atoms. The van der Waals surface area contributed by atoms with Crippen LogP contribution in [0.4, 0.5) is 4.39 Å². The average molecular weight is 434 g/mol. The third-order valence-corrected chi connectivity index (χ3v) is 6.17. The molecule has 32 heavy (non-hydrogen) atoms. The third-order valence-electron chi connectivity index (χ3n) is 6.17. The molecule has 1 atom stereocenters. The molecule has 0 saturated carbocycles. The molecule has 1 fully saturated rings. The van der Waals surface area contributed by atoms with Crippen molar-refractivity contribution >= 4 is 27.8 Å². The van der Waals surface area contributed by atoms with Crippen molar-refractivity contribution in [2.75, 3.05) is 20.1 Å². The van der Waals surface area contributed by atoms with Crippen LogP contribution in [0.15, 0.2) is 47.3 Å². The van der Waals surface area contributed by atoms with Crippen LogP contribution < -0.4 is 10.9 Å². The van der Waals surface area contributed by atoms with E-state index in [2.05, 4.69) is 32.6 Å². The highest BCUT2D eigenvalue weighted by Crippen LogP contribution is 2.21. The summed E-state index contributed by atoms with van der Waals surface area (Å²) in [4.78, 5) is 27.6. The third kappa shape index (κ3) is 3.64. The van der Waals surface area contributed by atoms with Gasteiger partial charge in [-0.15, -0.1) is 10.2 Å². The van der Waals surface area contributed by atoms with Crippen molar-refractivity contribution in [1.82, 2.24) is 30.2 Å². The van der Waals surface area contributed by atoms with Crippen molar-refractivity contribution in [2.24, 2.45) is 0 Å². The van der Waals surface area contributed by atoms with E-state index in [1.54, 1.807) is 24.3 Å². The fourth-order valence-electron chi connectivity index (χ4n) is 4.35. The Morgan fingerprint density at radius 1 is 1.22 bits per heavy atom. The number of nitrogens with one attached hydrogen (secondary N) is 2. The summed E-state index contributed by atoms with van der Waals surface area (Å²) >= 11 is 0. The van der Waals surface area contributed by atoms with Gasteiger partial charge in [-0.2, -0.15) is 0 Å². The van der Waals surface area contributed by atoms with Gasteiger partial charge >= 0.3 is 0 Å². The molecule has 1 unspecified atom stereocenters. The summed E-state index contributed by atoms with van der Waals surface area (Å²) in [6.45, 7) is 1.74. The van der Waals surface area contributed by atoms with Crippen molar-refractivity contribution in [3.63, 3.8) is 0 Å². The number of H-pyrrole nitrogens is 1.